The summed E-state index contributed by atoms with van der Waals surface area (Å²) in [6.45, 7) is 1.81. The maximum Gasteiger partial charge on any atom is 0.256 e. The van der Waals surface area contributed by atoms with Gasteiger partial charge in [0.1, 0.15) is 5.52 Å². The van der Waals surface area contributed by atoms with E-state index in [2.05, 4.69) is 10.3 Å². The van der Waals surface area contributed by atoms with E-state index in [0.29, 0.717) is 28.6 Å². The number of para-hydroxylation sites is 1. The fourth-order valence-corrected chi connectivity index (χ4v) is 3.29. The van der Waals surface area contributed by atoms with Crippen molar-refractivity contribution in [3.8, 4) is 0 Å². The van der Waals surface area contributed by atoms with Gasteiger partial charge in [-0.25, -0.2) is 4.98 Å². The highest BCUT2D eigenvalue weighted by atomic mass is 16.3. The van der Waals surface area contributed by atoms with Crippen molar-refractivity contribution in [2.45, 2.75) is 25.7 Å². The maximum atomic E-state index is 13.0. The average Bonchev–Trinajstić information content (AvgIpc) is 3.42. The van der Waals surface area contributed by atoms with E-state index in [1.807, 2.05) is 42.5 Å². The first kappa shape index (κ1) is 15.1. The molecule has 1 saturated carbocycles. The number of aromatic nitrogens is 2. The zero-order valence-electron chi connectivity index (χ0n) is 14.3. The third kappa shape index (κ3) is 2.62. The van der Waals surface area contributed by atoms with Gasteiger partial charge in [0.05, 0.1) is 11.1 Å². The van der Waals surface area contributed by atoms with E-state index < -0.39 is 0 Å². The Kier molecular flexibility index (Phi) is 3.28. The first-order chi connectivity index (χ1) is 12.7. The summed E-state index contributed by atoms with van der Waals surface area (Å²) in [6.07, 6.45) is 2.29. The molecule has 26 heavy (non-hydrogen) atoms. The lowest BCUT2D eigenvalue weighted by molar-refractivity contribution is 0.102. The van der Waals surface area contributed by atoms with Gasteiger partial charge >= 0.3 is 0 Å². The second-order valence-corrected chi connectivity index (χ2v) is 6.76. The van der Waals surface area contributed by atoms with Crippen LogP contribution in [0.4, 0.5) is 5.69 Å². The zero-order valence-corrected chi connectivity index (χ0v) is 14.3. The molecule has 0 bridgehead atoms. The van der Waals surface area contributed by atoms with Gasteiger partial charge in [0.15, 0.2) is 11.5 Å². The lowest BCUT2D eigenvalue weighted by Gasteiger charge is -2.10. The van der Waals surface area contributed by atoms with Gasteiger partial charge < -0.3 is 9.73 Å². The molecule has 0 aliphatic heterocycles. The largest absolute Gasteiger partial charge is 0.441 e. The van der Waals surface area contributed by atoms with Gasteiger partial charge in [-0.2, -0.15) is 0 Å². The van der Waals surface area contributed by atoms with Crippen molar-refractivity contribution in [2.75, 3.05) is 5.32 Å². The van der Waals surface area contributed by atoms with E-state index in [1.165, 1.54) is 0 Å². The highest BCUT2D eigenvalue weighted by Gasteiger charge is 2.27. The van der Waals surface area contributed by atoms with E-state index in [-0.39, 0.29) is 5.91 Å². The molecule has 5 rings (SSSR count). The highest BCUT2D eigenvalue weighted by Crippen LogP contribution is 2.40. The number of aryl methyl sites for hydroxylation is 1. The van der Waals surface area contributed by atoms with Crippen LogP contribution in [0.25, 0.3) is 22.0 Å². The summed E-state index contributed by atoms with van der Waals surface area (Å²) < 4.78 is 5.55. The fraction of sp³-hybridized carbons (Fsp3) is 0.190. The van der Waals surface area contributed by atoms with E-state index >= 15 is 0 Å². The molecule has 128 valence electrons. The molecule has 0 atom stereocenters. The highest BCUT2D eigenvalue weighted by molar-refractivity contribution is 6.12. The van der Waals surface area contributed by atoms with Crippen LogP contribution in [0, 0.1) is 6.92 Å². The average molecular weight is 343 g/mol. The number of anilines is 1. The maximum absolute atomic E-state index is 13.0. The third-order valence-corrected chi connectivity index (χ3v) is 4.73. The SMILES string of the molecule is Cc1nc2ccc(NC(=O)c3cc(C4CC4)nc4ccccc34)cc2o1. The molecule has 0 radical (unpaired) electrons. The number of rotatable bonds is 3. The van der Waals surface area contributed by atoms with Crippen LogP contribution in [0.3, 0.4) is 0 Å². The Balaban J connectivity index is 1.54. The predicted octanol–water partition coefficient (Wildman–Crippen LogP) is 4.81. The Labute approximate surface area is 150 Å². The molecule has 1 aliphatic rings. The van der Waals surface area contributed by atoms with E-state index in [9.17, 15) is 4.79 Å². The van der Waals surface area contributed by atoms with Crippen molar-refractivity contribution in [3.05, 3.63) is 65.7 Å². The molecule has 4 aromatic rings. The second kappa shape index (κ2) is 5.66. The summed E-state index contributed by atoms with van der Waals surface area (Å²) in [5.74, 6) is 0.957. The third-order valence-electron chi connectivity index (χ3n) is 4.73. The van der Waals surface area contributed by atoms with Gasteiger partial charge in [-0.1, -0.05) is 18.2 Å². The Morgan fingerprint density at radius 3 is 2.77 bits per heavy atom. The molecule has 0 spiro atoms. The lowest BCUT2D eigenvalue weighted by atomic mass is 10.1. The standard InChI is InChI=1S/C21H17N3O2/c1-12-22-18-9-8-14(10-20(18)26-12)23-21(25)16-11-19(13-6-7-13)24-17-5-3-2-4-15(16)17/h2-5,8-11,13H,6-7H2,1H3,(H,23,25). The molecule has 0 saturated heterocycles. The monoisotopic (exact) mass is 343 g/mol. The summed E-state index contributed by atoms with van der Waals surface area (Å²) in [4.78, 5) is 22.0. The van der Waals surface area contributed by atoms with Crippen LogP contribution in [0.5, 0.6) is 0 Å². The Morgan fingerprint density at radius 1 is 1.08 bits per heavy atom. The van der Waals surface area contributed by atoms with Gasteiger partial charge in [0.2, 0.25) is 0 Å². The van der Waals surface area contributed by atoms with E-state index in [1.54, 1.807) is 13.0 Å². The van der Waals surface area contributed by atoms with Crippen LogP contribution in [0.2, 0.25) is 0 Å². The molecule has 2 aromatic heterocycles. The van der Waals surface area contributed by atoms with Crippen molar-refractivity contribution in [3.63, 3.8) is 0 Å². The van der Waals surface area contributed by atoms with Crippen LogP contribution in [-0.4, -0.2) is 15.9 Å². The molecule has 1 aliphatic carbocycles. The van der Waals surface area contributed by atoms with Crippen molar-refractivity contribution < 1.29 is 9.21 Å². The van der Waals surface area contributed by atoms with Crippen LogP contribution < -0.4 is 5.32 Å². The molecular weight excluding hydrogens is 326 g/mol. The summed E-state index contributed by atoms with van der Waals surface area (Å²) >= 11 is 0. The number of hydrogen-bond acceptors (Lipinski definition) is 4. The molecule has 1 amide bonds. The number of nitrogens with zero attached hydrogens (tertiary/aromatic N) is 2. The van der Waals surface area contributed by atoms with Crippen LogP contribution in [-0.2, 0) is 0 Å². The first-order valence-electron chi connectivity index (χ1n) is 8.75. The second-order valence-electron chi connectivity index (χ2n) is 6.76. The van der Waals surface area contributed by atoms with Crippen LogP contribution in [0.1, 0.15) is 40.7 Å². The number of benzene rings is 2. The topological polar surface area (TPSA) is 68.0 Å². The Morgan fingerprint density at radius 2 is 1.92 bits per heavy atom. The minimum Gasteiger partial charge on any atom is -0.441 e. The quantitative estimate of drug-likeness (QED) is 0.579. The molecule has 0 unspecified atom stereocenters. The molecule has 2 heterocycles. The van der Waals surface area contributed by atoms with Gasteiger partial charge in [0.25, 0.3) is 5.91 Å². The van der Waals surface area contributed by atoms with Crippen molar-refractivity contribution in [1.29, 1.82) is 0 Å². The predicted molar refractivity (Wildman–Crippen MR) is 100 cm³/mol. The van der Waals surface area contributed by atoms with Gasteiger partial charge in [-0.05, 0) is 37.1 Å². The number of amides is 1. The summed E-state index contributed by atoms with van der Waals surface area (Å²) in [5, 5.41) is 3.85. The number of pyridine rings is 1. The number of hydrogen-bond donors (Lipinski definition) is 1. The molecular formula is C21H17N3O2. The van der Waals surface area contributed by atoms with Crippen LogP contribution >= 0.6 is 0 Å². The van der Waals surface area contributed by atoms with Crippen molar-refractivity contribution in [1.82, 2.24) is 9.97 Å². The smallest absolute Gasteiger partial charge is 0.256 e. The van der Waals surface area contributed by atoms with E-state index in [4.69, 9.17) is 9.40 Å². The number of carbonyl (C=O) groups is 1. The minimum absolute atomic E-state index is 0.138. The number of fused-ring (bicyclic) bond motifs is 2. The first-order valence-corrected chi connectivity index (χ1v) is 8.75. The summed E-state index contributed by atoms with van der Waals surface area (Å²) in [6, 6.07) is 15.2. The number of carbonyl (C=O) groups excluding carboxylic acids is 1. The number of oxazole rings is 1. The van der Waals surface area contributed by atoms with Crippen molar-refractivity contribution >= 4 is 33.6 Å². The van der Waals surface area contributed by atoms with Crippen LogP contribution in [0.15, 0.2) is 52.9 Å². The minimum atomic E-state index is -0.138. The fourth-order valence-electron chi connectivity index (χ4n) is 3.29. The summed E-state index contributed by atoms with van der Waals surface area (Å²) in [5.41, 5.74) is 4.67. The molecule has 5 nitrogen and oxygen atoms in total. The summed E-state index contributed by atoms with van der Waals surface area (Å²) in [7, 11) is 0. The normalized spacial score (nSPS) is 14.0. The van der Waals surface area contributed by atoms with Crippen molar-refractivity contribution in [2.24, 2.45) is 0 Å². The molecule has 1 N–H and O–H groups in total. The lowest BCUT2D eigenvalue weighted by Crippen LogP contribution is -2.13. The van der Waals surface area contributed by atoms with Gasteiger partial charge in [0, 0.05) is 35.7 Å². The molecule has 1 fully saturated rings. The Bertz CT molecular complexity index is 1160. The molecule has 5 heteroatoms. The van der Waals surface area contributed by atoms with E-state index in [0.717, 1.165) is 35.0 Å². The Hall–Kier alpha value is -3.21. The van der Waals surface area contributed by atoms with Gasteiger partial charge in [-0.3, -0.25) is 9.78 Å². The number of nitrogens with one attached hydrogen (secondary N) is 1. The van der Waals surface area contributed by atoms with Gasteiger partial charge in [-0.15, -0.1) is 0 Å². The zero-order chi connectivity index (χ0) is 17.7. The molecule has 2 aromatic carbocycles.